The summed E-state index contributed by atoms with van der Waals surface area (Å²) in [5, 5.41) is 5.71. The number of halogens is 1. The molecule has 2 aliphatic heterocycles. The van der Waals surface area contributed by atoms with Crippen molar-refractivity contribution < 1.29 is 0 Å². The molecule has 0 radical (unpaired) electrons. The Morgan fingerprint density at radius 2 is 2.00 bits per heavy atom. The number of benzene rings is 1. The van der Waals surface area contributed by atoms with E-state index in [4.69, 9.17) is 21.7 Å². The van der Waals surface area contributed by atoms with Crippen molar-refractivity contribution in [2.24, 2.45) is 5.10 Å². The van der Waals surface area contributed by atoms with Crippen LogP contribution in [0.4, 0.5) is 11.5 Å². The molecule has 4 aromatic rings. The lowest BCUT2D eigenvalue weighted by Crippen LogP contribution is -2.59. The minimum Gasteiger partial charge on any atom is -0.344 e. The molecule has 1 fully saturated rings. The first kappa shape index (κ1) is 17.5. The van der Waals surface area contributed by atoms with Crippen LogP contribution >= 0.6 is 11.6 Å². The largest absolute Gasteiger partial charge is 0.344 e. The molecule has 0 bridgehead atoms. The number of para-hydroxylation sites is 1. The Hall–Kier alpha value is -3.39. The standard InChI is InChI=1S/C21H19ClN8/c1-13-25-19-18(23-12-24-19)21(26-13)28-9-8-16(28)20-27-30-10-7-15(22)17(30)11-29(20)14-5-3-2-4-6-14/h2-7,10,12,16H,8-9,11H2,1H3,(H,23,24,25,26). The molecule has 1 saturated heterocycles. The number of nitrogens with zero attached hydrogens (tertiary/aromatic N) is 7. The zero-order chi connectivity index (χ0) is 20.2. The number of hydrogen-bond donors (Lipinski definition) is 1. The third-order valence-electron chi connectivity index (χ3n) is 5.74. The fourth-order valence-electron chi connectivity index (χ4n) is 4.19. The summed E-state index contributed by atoms with van der Waals surface area (Å²) in [4.78, 5) is 21.2. The van der Waals surface area contributed by atoms with Gasteiger partial charge in [-0.25, -0.2) is 19.6 Å². The Kier molecular flexibility index (Phi) is 3.82. The minimum atomic E-state index is 0.0975. The van der Waals surface area contributed by atoms with E-state index in [0.717, 1.165) is 46.5 Å². The van der Waals surface area contributed by atoms with E-state index in [1.807, 2.05) is 42.1 Å². The molecular formula is C21H19ClN8. The number of imidazole rings is 1. The van der Waals surface area contributed by atoms with Crippen molar-refractivity contribution in [3.63, 3.8) is 0 Å². The summed E-state index contributed by atoms with van der Waals surface area (Å²) >= 11 is 6.43. The number of amidine groups is 1. The topological polar surface area (TPSA) is 78.2 Å². The number of aryl methyl sites for hydroxylation is 1. The Balaban J connectivity index is 1.45. The number of nitrogens with one attached hydrogen (secondary N) is 1. The van der Waals surface area contributed by atoms with Crippen molar-refractivity contribution in [2.45, 2.75) is 25.9 Å². The van der Waals surface area contributed by atoms with E-state index < -0.39 is 0 Å². The summed E-state index contributed by atoms with van der Waals surface area (Å²) in [6, 6.07) is 12.3. The van der Waals surface area contributed by atoms with E-state index >= 15 is 0 Å². The van der Waals surface area contributed by atoms with Crippen LogP contribution in [0.3, 0.4) is 0 Å². The van der Waals surface area contributed by atoms with Crippen LogP contribution in [0.1, 0.15) is 17.9 Å². The van der Waals surface area contributed by atoms with Gasteiger partial charge in [0.1, 0.15) is 11.3 Å². The van der Waals surface area contributed by atoms with E-state index in [1.54, 1.807) is 6.33 Å². The third-order valence-corrected chi connectivity index (χ3v) is 6.09. The molecule has 3 aromatic heterocycles. The van der Waals surface area contributed by atoms with Crippen LogP contribution in [0, 0.1) is 6.92 Å². The average molecular weight is 419 g/mol. The molecule has 5 heterocycles. The molecular weight excluding hydrogens is 400 g/mol. The van der Waals surface area contributed by atoms with E-state index in [9.17, 15) is 0 Å². The zero-order valence-corrected chi connectivity index (χ0v) is 17.1. The van der Waals surface area contributed by atoms with Crippen LogP contribution in [0.2, 0.25) is 5.02 Å². The molecule has 1 N–H and O–H groups in total. The smallest absolute Gasteiger partial charge is 0.183 e. The lowest BCUT2D eigenvalue weighted by molar-refractivity contribution is 0.524. The number of hydrogen-bond acceptors (Lipinski definition) is 6. The maximum Gasteiger partial charge on any atom is 0.183 e. The number of rotatable bonds is 3. The summed E-state index contributed by atoms with van der Waals surface area (Å²) in [6.45, 7) is 3.46. The number of fused-ring (bicyclic) bond motifs is 2. The second-order valence-corrected chi connectivity index (χ2v) is 7.94. The van der Waals surface area contributed by atoms with Crippen molar-refractivity contribution in [3.05, 3.63) is 65.5 Å². The SMILES string of the molecule is Cc1nc(N2CCC2C2=Nn3ccc(Cl)c3CN2c2ccccc2)c2[nH]cnc2n1. The quantitative estimate of drug-likeness (QED) is 0.550. The van der Waals surface area contributed by atoms with Crippen LogP contribution in [0.25, 0.3) is 11.2 Å². The second-order valence-electron chi connectivity index (χ2n) is 7.53. The highest BCUT2D eigenvalue weighted by molar-refractivity contribution is 6.31. The Morgan fingerprint density at radius 3 is 2.80 bits per heavy atom. The molecule has 0 aliphatic carbocycles. The monoisotopic (exact) mass is 418 g/mol. The van der Waals surface area contributed by atoms with Crippen molar-refractivity contribution in [1.29, 1.82) is 0 Å². The maximum absolute atomic E-state index is 6.43. The van der Waals surface area contributed by atoms with Crippen LogP contribution in [-0.4, -0.2) is 43.0 Å². The highest BCUT2D eigenvalue weighted by Gasteiger charge is 2.40. The van der Waals surface area contributed by atoms with Crippen molar-refractivity contribution in [3.8, 4) is 0 Å². The van der Waals surface area contributed by atoms with Gasteiger partial charge in [-0.1, -0.05) is 29.8 Å². The summed E-state index contributed by atoms with van der Waals surface area (Å²) in [5.41, 5.74) is 3.63. The second kappa shape index (κ2) is 6.56. The Morgan fingerprint density at radius 1 is 1.13 bits per heavy atom. The number of anilines is 2. The summed E-state index contributed by atoms with van der Waals surface area (Å²) in [5.74, 6) is 2.56. The van der Waals surface area contributed by atoms with Gasteiger partial charge in [0.05, 0.1) is 29.6 Å². The molecule has 9 heteroatoms. The molecule has 1 aromatic carbocycles. The predicted octanol–water partition coefficient (Wildman–Crippen LogP) is 3.58. The van der Waals surface area contributed by atoms with Gasteiger partial charge in [-0.05, 0) is 31.5 Å². The highest BCUT2D eigenvalue weighted by atomic mass is 35.5. The Labute approximate surface area is 177 Å². The van der Waals surface area contributed by atoms with Gasteiger partial charge in [0, 0.05) is 18.4 Å². The molecule has 30 heavy (non-hydrogen) atoms. The molecule has 0 saturated carbocycles. The summed E-state index contributed by atoms with van der Waals surface area (Å²) in [6.07, 6.45) is 4.58. The molecule has 0 spiro atoms. The fraction of sp³-hybridized carbons (Fsp3) is 0.238. The fourth-order valence-corrected chi connectivity index (χ4v) is 4.39. The molecule has 6 rings (SSSR count). The van der Waals surface area contributed by atoms with Crippen LogP contribution in [0.15, 0.2) is 54.0 Å². The molecule has 150 valence electrons. The first-order valence-electron chi connectivity index (χ1n) is 9.90. The van der Waals surface area contributed by atoms with Gasteiger partial charge >= 0.3 is 0 Å². The van der Waals surface area contributed by atoms with Gasteiger partial charge < -0.3 is 14.8 Å². The van der Waals surface area contributed by atoms with Crippen molar-refractivity contribution in [2.75, 3.05) is 16.3 Å². The number of H-pyrrole nitrogens is 1. The van der Waals surface area contributed by atoms with Crippen molar-refractivity contribution in [1.82, 2.24) is 24.6 Å². The van der Waals surface area contributed by atoms with Crippen LogP contribution < -0.4 is 9.80 Å². The van der Waals surface area contributed by atoms with Gasteiger partial charge in [0.2, 0.25) is 0 Å². The summed E-state index contributed by atoms with van der Waals surface area (Å²) in [7, 11) is 0. The van der Waals surface area contributed by atoms with Gasteiger partial charge in [-0.15, -0.1) is 0 Å². The molecule has 2 aliphatic rings. The molecule has 1 atom stereocenters. The average Bonchev–Trinajstić information content (AvgIpc) is 3.34. The zero-order valence-electron chi connectivity index (χ0n) is 16.3. The third kappa shape index (κ3) is 2.60. The maximum atomic E-state index is 6.43. The van der Waals surface area contributed by atoms with E-state index in [2.05, 4.69) is 36.9 Å². The van der Waals surface area contributed by atoms with E-state index in [0.29, 0.717) is 18.0 Å². The molecule has 8 nitrogen and oxygen atoms in total. The van der Waals surface area contributed by atoms with Gasteiger partial charge in [-0.3, -0.25) is 0 Å². The normalized spacial score (nSPS) is 18.3. The lowest BCUT2D eigenvalue weighted by atomic mass is 9.99. The number of aromatic amines is 1. The Bertz CT molecular complexity index is 1270. The van der Waals surface area contributed by atoms with E-state index in [-0.39, 0.29) is 6.04 Å². The van der Waals surface area contributed by atoms with Gasteiger partial charge in [0.15, 0.2) is 17.3 Å². The highest BCUT2D eigenvalue weighted by Crippen LogP contribution is 2.35. The molecule has 0 amide bonds. The van der Waals surface area contributed by atoms with Gasteiger partial charge in [-0.2, -0.15) is 5.10 Å². The molecule has 1 unspecified atom stereocenters. The summed E-state index contributed by atoms with van der Waals surface area (Å²) < 4.78 is 1.89. The van der Waals surface area contributed by atoms with Crippen molar-refractivity contribution >= 4 is 40.1 Å². The van der Waals surface area contributed by atoms with Gasteiger partial charge in [0.25, 0.3) is 0 Å². The number of aromatic nitrogens is 5. The van der Waals surface area contributed by atoms with Crippen LogP contribution in [-0.2, 0) is 6.54 Å². The predicted molar refractivity (Wildman–Crippen MR) is 117 cm³/mol. The van der Waals surface area contributed by atoms with E-state index in [1.165, 1.54) is 0 Å². The van der Waals surface area contributed by atoms with Crippen LogP contribution in [0.5, 0.6) is 0 Å². The lowest BCUT2D eigenvalue weighted by Gasteiger charge is -2.46. The minimum absolute atomic E-state index is 0.0975. The first-order chi connectivity index (χ1) is 14.7. The first-order valence-corrected chi connectivity index (χ1v) is 10.3.